The first-order valence-corrected chi connectivity index (χ1v) is 12.0. The molecule has 3 aromatic carbocycles. The van der Waals surface area contributed by atoms with E-state index in [2.05, 4.69) is 4.98 Å². The quantitative estimate of drug-likeness (QED) is 0.332. The number of aromatic nitrogens is 1. The van der Waals surface area contributed by atoms with E-state index in [-0.39, 0.29) is 24.0 Å². The molecule has 1 aromatic heterocycles. The molecule has 0 spiro atoms. The Morgan fingerprint density at radius 2 is 1.84 bits per heavy atom. The maximum absolute atomic E-state index is 13.8. The average Bonchev–Trinajstić information content (AvgIpc) is 3.29. The highest BCUT2D eigenvalue weighted by Crippen LogP contribution is 2.43. The number of nitro benzene ring substituents is 1. The first-order chi connectivity index (χ1) is 17.9. The molecule has 3 heterocycles. The third-order valence-corrected chi connectivity index (χ3v) is 7.27. The normalized spacial score (nSPS) is 19.1. The van der Waals surface area contributed by atoms with Crippen LogP contribution in [0, 0.1) is 10.1 Å². The van der Waals surface area contributed by atoms with E-state index in [9.17, 15) is 19.7 Å². The minimum absolute atomic E-state index is 0.0609. The third kappa shape index (κ3) is 3.79. The molecule has 1 saturated heterocycles. The van der Waals surface area contributed by atoms with Crippen LogP contribution in [-0.2, 0) is 22.6 Å². The highest BCUT2D eigenvalue weighted by molar-refractivity contribution is 5.97. The molecule has 1 fully saturated rings. The molecule has 6 rings (SSSR count). The lowest BCUT2D eigenvalue weighted by molar-refractivity contribution is -0.384. The van der Waals surface area contributed by atoms with Gasteiger partial charge in [-0.1, -0.05) is 42.5 Å². The predicted octanol–water partition coefficient (Wildman–Crippen LogP) is 3.97. The summed E-state index contributed by atoms with van der Waals surface area (Å²) in [5, 5.41) is 12.5. The van der Waals surface area contributed by atoms with Crippen LogP contribution in [0.15, 0.2) is 72.8 Å². The Labute approximate surface area is 212 Å². The van der Waals surface area contributed by atoms with Crippen LogP contribution in [0.2, 0.25) is 0 Å². The van der Waals surface area contributed by atoms with Crippen molar-refractivity contribution in [3.8, 4) is 5.75 Å². The lowest BCUT2D eigenvalue weighted by Gasteiger charge is -2.47. The summed E-state index contributed by atoms with van der Waals surface area (Å²) in [6.45, 7) is 0.240. The summed E-state index contributed by atoms with van der Waals surface area (Å²) in [5.74, 6) is 0.385. The molecule has 2 aliphatic rings. The van der Waals surface area contributed by atoms with Gasteiger partial charge in [0, 0.05) is 41.7 Å². The standard InChI is InChI=1S/C28H24N4O5/c1-37-20-11-9-17(10-12-20)15-30-16-25(33)31-24(28(30)34)14-22-21-7-2-3-8-23(21)29-26(22)27(31)18-5-4-6-19(13-18)32(35)36/h2-13,24,27,29H,14-16H2,1H3/t24-,27+/m1/s1. The van der Waals surface area contributed by atoms with Crippen molar-refractivity contribution in [2.75, 3.05) is 13.7 Å². The summed E-state index contributed by atoms with van der Waals surface area (Å²) >= 11 is 0. The Bertz CT molecular complexity index is 1540. The monoisotopic (exact) mass is 496 g/mol. The maximum Gasteiger partial charge on any atom is 0.269 e. The molecular formula is C28H24N4O5. The van der Waals surface area contributed by atoms with Crippen molar-refractivity contribution in [1.82, 2.24) is 14.8 Å². The second-order valence-corrected chi connectivity index (χ2v) is 9.38. The number of para-hydroxylation sites is 1. The number of nitrogens with zero attached hydrogens (tertiary/aromatic N) is 3. The average molecular weight is 497 g/mol. The van der Waals surface area contributed by atoms with Gasteiger partial charge in [-0.15, -0.1) is 0 Å². The molecule has 37 heavy (non-hydrogen) atoms. The van der Waals surface area contributed by atoms with Gasteiger partial charge in [-0.2, -0.15) is 0 Å². The topological polar surface area (TPSA) is 109 Å². The van der Waals surface area contributed by atoms with Gasteiger partial charge in [0.15, 0.2) is 0 Å². The number of H-pyrrole nitrogens is 1. The first kappa shape index (κ1) is 22.8. The van der Waals surface area contributed by atoms with Crippen LogP contribution in [0.4, 0.5) is 5.69 Å². The van der Waals surface area contributed by atoms with Gasteiger partial charge in [-0.25, -0.2) is 0 Å². The van der Waals surface area contributed by atoms with Crippen LogP contribution in [0.25, 0.3) is 10.9 Å². The number of hydrogen-bond donors (Lipinski definition) is 1. The van der Waals surface area contributed by atoms with Gasteiger partial charge >= 0.3 is 0 Å². The number of nitrogens with one attached hydrogen (secondary N) is 1. The number of carbonyl (C=O) groups excluding carboxylic acids is 2. The van der Waals surface area contributed by atoms with E-state index in [0.29, 0.717) is 18.5 Å². The minimum atomic E-state index is -0.713. The lowest BCUT2D eigenvalue weighted by atomic mass is 9.86. The van der Waals surface area contributed by atoms with Gasteiger partial charge in [-0.3, -0.25) is 19.7 Å². The van der Waals surface area contributed by atoms with Crippen molar-refractivity contribution < 1.29 is 19.2 Å². The predicted molar refractivity (Wildman–Crippen MR) is 136 cm³/mol. The van der Waals surface area contributed by atoms with Crippen LogP contribution < -0.4 is 4.74 Å². The van der Waals surface area contributed by atoms with Crippen molar-refractivity contribution in [2.24, 2.45) is 0 Å². The fourth-order valence-electron chi connectivity index (χ4n) is 5.56. The zero-order valence-electron chi connectivity index (χ0n) is 20.1. The summed E-state index contributed by atoms with van der Waals surface area (Å²) in [7, 11) is 1.59. The maximum atomic E-state index is 13.8. The number of carbonyl (C=O) groups is 2. The number of rotatable bonds is 5. The Balaban J connectivity index is 1.43. The Hall–Kier alpha value is -4.66. The van der Waals surface area contributed by atoms with Crippen LogP contribution in [0.5, 0.6) is 5.75 Å². The number of amides is 2. The van der Waals surface area contributed by atoms with Gasteiger partial charge in [0.25, 0.3) is 5.69 Å². The number of piperazine rings is 1. The molecule has 0 bridgehead atoms. The second kappa shape index (κ2) is 8.77. The first-order valence-electron chi connectivity index (χ1n) is 12.0. The SMILES string of the molecule is COc1ccc(CN2CC(=O)N3[C@@H](c4cccc([N+](=O)[O-])c4)c4[nH]c5ccccc5c4C[C@@H]3C2=O)cc1. The largest absolute Gasteiger partial charge is 0.497 e. The Kier molecular flexibility index (Phi) is 5.40. The summed E-state index contributed by atoms with van der Waals surface area (Å²) in [6.07, 6.45) is 0.370. The fraction of sp³-hybridized carbons (Fsp3) is 0.214. The zero-order valence-corrected chi connectivity index (χ0v) is 20.1. The van der Waals surface area contributed by atoms with Crippen LogP contribution >= 0.6 is 0 Å². The number of benzene rings is 3. The summed E-state index contributed by atoms with van der Waals surface area (Å²) in [4.78, 5) is 45.2. The number of methoxy groups -OCH3 is 1. The number of ether oxygens (including phenoxy) is 1. The molecule has 0 saturated carbocycles. The third-order valence-electron chi connectivity index (χ3n) is 7.27. The number of fused-ring (bicyclic) bond motifs is 4. The molecule has 186 valence electrons. The van der Waals surface area contributed by atoms with Crippen molar-refractivity contribution in [3.05, 3.63) is 105 Å². The van der Waals surface area contributed by atoms with E-state index >= 15 is 0 Å². The van der Waals surface area contributed by atoms with Gasteiger partial charge in [-0.05, 0) is 34.9 Å². The Morgan fingerprint density at radius 3 is 2.59 bits per heavy atom. The zero-order chi connectivity index (χ0) is 25.7. The molecule has 9 heteroatoms. The molecule has 2 atom stereocenters. The Morgan fingerprint density at radius 1 is 1.05 bits per heavy atom. The number of aromatic amines is 1. The number of nitro groups is 1. The van der Waals surface area contributed by atoms with E-state index in [1.165, 1.54) is 12.1 Å². The molecule has 0 unspecified atom stereocenters. The highest BCUT2D eigenvalue weighted by atomic mass is 16.6. The molecule has 0 aliphatic carbocycles. The van der Waals surface area contributed by atoms with Crippen molar-refractivity contribution in [2.45, 2.75) is 25.0 Å². The summed E-state index contributed by atoms with van der Waals surface area (Å²) in [6, 6.07) is 20.2. The van der Waals surface area contributed by atoms with Crippen molar-refractivity contribution in [3.63, 3.8) is 0 Å². The van der Waals surface area contributed by atoms with Crippen molar-refractivity contribution >= 4 is 28.4 Å². The summed E-state index contributed by atoms with van der Waals surface area (Å²) < 4.78 is 5.22. The highest BCUT2D eigenvalue weighted by Gasteiger charge is 2.48. The fourth-order valence-corrected chi connectivity index (χ4v) is 5.56. The molecule has 0 radical (unpaired) electrons. The minimum Gasteiger partial charge on any atom is -0.497 e. The second-order valence-electron chi connectivity index (χ2n) is 9.38. The van der Waals surface area contributed by atoms with E-state index < -0.39 is 17.0 Å². The van der Waals surface area contributed by atoms with Gasteiger partial charge in [0.05, 0.1) is 18.1 Å². The molecule has 9 nitrogen and oxygen atoms in total. The lowest BCUT2D eigenvalue weighted by Crippen LogP contribution is -2.62. The van der Waals surface area contributed by atoms with E-state index in [1.807, 2.05) is 48.5 Å². The van der Waals surface area contributed by atoms with Crippen molar-refractivity contribution in [1.29, 1.82) is 0 Å². The van der Waals surface area contributed by atoms with Gasteiger partial charge in [0.1, 0.15) is 18.3 Å². The molecule has 2 amide bonds. The van der Waals surface area contributed by atoms with Gasteiger partial charge < -0.3 is 19.5 Å². The smallest absolute Gasteiger partial charge is 0.269 e. The molecule has 2 aliphatic heterocycles. The number of non-ortho nitro benzene ring substituents is 1. The van der Waals surface area contributed by atoms with Crippen LogP contribution in [0.3, 0.4) is 0 Å². The number of hydrogen-bond acceptors (Lipinski definition) is 5. The molecular weight excluding hydrogens is 472 g/mol. The van der Waals surface area contributed by atoms with Crippen LogP contribution in [0.1, 0.15) is 28.4 Å². The van der Waals surface area contributed by atoms with Crippen LogP contribution in [-0.4, -0.2) is 51.2 Å². The van der Waals surface area contributed by atoms with E-state index in [4.69, 9.17) is 4.74 Å². The summed E-state index contributed by atoms with van der Waals surface area (Å²) in [5.41, 5.74) is 4.08. The van der Waals surface area contributed by atoms with E-state index in [1.54, 1.807) is 29.0 Å². The van der Waals surface area contributed by atoms with E-state index in [0.717, 1.165) is 33.5 Å². The molecule has 4 aromatic rings. The van der Waals surface area contributed by atoms with Gasteiger partial charge in [0.2, 0.25) is 11.8 Å². The molecule has 1 N–H and O–H groups in total.